The van der Waals surface area contributed by atoms with Crippen molar-refractivity contribution in [1.29, 1.82) is 0 Å². The zero-order valence-corrected chi connectivity index (χ0v) is 41.6. The number of nitrogens with zero attached hydrogens (tertiary/aromatic N) is 3. The summed E-state index contributed by atoms with van der Waals surface area (Å²) in [5, 5.41) is 19.8. The molecule has 3 heterocycles. The Morgan fingerprint density at radius 3 is 2.35 bits per heavy atom. The van der Waals surface area contributed by atoms with Crippen molar-refractivity contribution in [2.24, 2.45) is 5.41 Å². The summed E-state index contributed by atoms with van der Waals surface area (Å²) in [7, 11) is -2.23. The number of thiazole rings is 1. The molecule has 4 atom stereocenters. The van der Waals surface area contributed by atoms with Gasteiger partial charge in [-0.2, -0.15) is 0 Å². The van der Waals surface area contributed by atoms with Gasteiger partial charge in [0.25, 0.3) is 11.8 Å². The summed E-state index contributed by atoms with van der Waals surface area (Å²) < 4.78 is 36.4. The number of likely N-dealkylation sites (tertiary alicyclic amines) is 1. The molecule has 1 aromatic heterocycles. The fourth-order valence-electron chi connectivity index (χ4n) is 8.76. The van der Waals surface area contributed by atoms with Crippen LogP contribution < -0.4 is 25.4 Å². The van der Waals surface area contributed by atoms with E-state index in [1.807, 2.05) is 57.5 Å². The lowest BCUT2D eigenvalue weighted by Gasteiger charge is -2.35. The van der Waals surface area contributed by atoms with Crippen molar-refractivity contribution < 1.29 is 47.0 Å². The van der Waals surface area contributed by atoms with E-state index in [1.54, 1.807) is 48.6 Å². The number of aromatic nitrogens is 1. The number of aliphatic hydroxyl groups excluding tert-OH is 1. The number of unbranched alkanes of at least 4 members (excludes halogenated alkanes) is 4. The van der Waals surface area contributed by atoms with E-state index < -0.39 is 57.0 Å². The second-order valence-electron chi connectivity index (χ2n) is 18.6. The van der Waals surface area contributed by atoms with Crippen LogP contribution in [0.5, 0.6) is 11.5 Å². The summed E-state index contributed by atoms with van der Waals surface area (Å²) >= 11 is 1.58. The van der Waals surface area contributed by atoms with Crippen LogP contribution in [0.15, 0.2) is 66.2 Å². The summed E-state index contributed by atoms with van der Waals surface area (Å²) in [5.41, 5.74) is 4.89. The molecule has 18 heteroatoms. The highest BCUT2D eigenvalue weighted by Crippen LogP contribution is 2.39. The zero-order chi connectivity index (χ0) is 49.3. The predicted octanol–water partition coefficient (Wildman–Crippen LogP) is 6.47. The van der Waals surface area contributed by atoms with Crippen LogP contribution in [-0.4, -0.2) is 115 Å². The fourth-order valence-corrected chi connectivity index (χ4v) is 10.5. The SMILES string of the molecule is CCOc1cc([C@@H](CS(C)(=O)=O)N2C(=O)c3cccc(NC(=O)CCCCCCCN[C@H](C(=O)N4C[C@H](O)C[C@H]4C(=O)NCc4ccc(-c5scnc5C)cc4)C(C)(C)C)c3C2=O)ccc1OC. The van der Waals surface area contributed by atoms with Crippen molar-refractivity contribution in [3.63, 3.8) is 0 Å². The first-order valence-electron chi connectivity index (χ1n) is 23.1. The van der Waals surface area contributed by atoms with Gasteiger partial charge in [0.1, 0.15) is 15.9 Å². The van der Waals surface area contributed by atoms with Crippen LogP contribution in [0.1, 0.15) is 116 Å². The Bertz CT molecular complexity index is 2570. The quantitative estimate of drug-likeness (QED) is 0.0493. The highest BCUT2D eigenvalue weighted by atomic mass is 32.2. The van der Waals surface area contributed by atoms with E-state index in [0.29, 0.717) is 36.6 Å². The molecule has 0 aliphatic carbocycles. The molecule has 0 unspecified atom stereocenters. The third-order valence-electron chi connectivity index (χ3n) is 12.2. The highest BCUT2D eigenvalue weighted by Gasteiger charge is 2.45. The van der Waals surface area contributed by atoms with Crippen LogP contribution in [0.3, 0.4) is 0 Å². The molecule has 366 valence electrons. The van der Waals surface area contributed by atoms with E-state index in [0.717, 1.165) is 58.5 Å². The number of β-amino-alcohol motifs (C(OH)–C–C–N with tert-alkyl or cyclic N) is 1. The summed E-state index contributed by atoms with van der Waals surface area (Å²) in [4.78, 5) is 76.5. The maximum absolute atomic E-state index is 14.1. The first kappa shape index (κ1) is 51.7. The van der Waals surface area contributed by atoms with Crippen molar-refractivity contribution in [3.8, 4) is 21.9 Å². The number of amides is 5. The van der Waals surface area contributed by atoms with Crippen molar-refractivity contribution in [1.82, 2.24) is 25.4 Å². The number of ether oxygens (including phenoxy) is 2. The molecule has 0 radical (unpaired) electrons. The Kier molecular flexibility index (Phi) is 17.2. The first-order chi connectivity index (χ1) is 32.3. The molecule has 0 bridgehead atoms. The van der Waals surface area contributed by atoms with Gasteiger partial charge in [0.05, 0.1) is 70.6 Å². The Balaban J connectivity index is 0.964. The summed E-state index contributed by atoms with van der Waals surface area (Å²) in [6.45, 7) is 10.9. The molecule has 2 aliphatic rings. The standard InChI is InChI=1S/C50H64N6O10S2/c1-8-66-41-25-34(22-23-40(41)65-6)39(29-68(7,63)64)56-47(60)36-15-14-16-37(43(36)48(56)61)54-42(58)17-12-10-9-11-13-24-51-45(50(3,4)5)49(62)55-28-35(57)26-38(55)46(59)52-27-32-18-20-33(21-19-32)44-31(2)53-30-67-44/h14-16,18-23,25,30,35,38-39,45,51,57H,8-13,17,24,26-29H2,1-7H3,(H,52,59)(H,54,58)/t35-,38+,39-,45-/m1/s1. The fraction of sp³-hybridized carbons (Fsp3) is 0.480. The average molecular weight is 973 g/mol. The number of anilines is 1. The third kappa shape index (κ3) is 12.7. The molecular weight excluding hydrogens is 909 g/mol. The largest absolute Gasteiger partial charge is 0.493 e. The molecule has 2 aliphatic heterocycles. The normalized spacial score (nSPS) is 16.9. The highest BCUT2D eigenvalue weighted by molar-refractivity contribution is 7.90. The van der Waals surface area contributed by atoms with E-state index in [4.69, 9.17) is 9.47 Å². The molecule has 3 aromatic carbocycles. The van der Waals surface area contributed by atoms with Crippen molar-refractivity contribution in [2.45, 2.75) is 110 Å². The number of methoxy groups -OCH3 is 1. The molecule has 4 aromatic rings. The van der Waals surface area contributed by atoms with Gasteiger partial charge in [0.2, 0.25) is 17.7 Å². The van der Waals surface area contributed by atoms with Gasteiger partial charge < -0.3 is 35.4 Å². The molecule has 16 nitrogen and oxygen atoms in total. The molecule has 0 spiro atoms. The van der Waals surface area contributed by atoms with E-state index in [-0.39, 0.29) is 60.5 Å². The maximum Gasteiger partial charge on any atom is 0.264 e. The zero-order valence-electron chi connectivity index (χ0n) is 39.9. The second kappa shape index (κ2) is 22.6. The molecule has 4 N–H and O–H groups in total. The van der Waals surface area contributed by atoms with Crippen LogP contribution in [0.2, 0.25) is 0 Å². The summed E-state index contributed by atoms with van der Waals surface area (Å²) in [6.07, 6.45) is 4.33. The third-order valence-corrected chi connectivity index (χ3v) is 14.1. The minimum atomic E-state index is -3.70. The smallest absolute Gasteiger partial charge is 0.264 e. The van der Waals surface area contributed by atoms with Gasteiger partial charge >= 0.3 is 0 Å². The average Bonchev–Trinajstić information content (AvgIpc) is 3.98. The van der Waals surface area contributed by atoms with E-state index in [1.165, 1.54) is 18.1 Å². The number of carbonyl (C=O) groups is 5. The lowest BCUT2D eigenvalue weighted by atomic mass is 9.85. The number of aryl methyl sites for hydroxylation is 1. The van der Waals surface area contributed by atoms with Gasteiger partial charge in [-0.05, 0) is 79.6 Å². The molecule has 1 fully saturated rings. The van der Waals surface area contributed by atoms with E-state index in [2.05, 4.69) is 20.9 Å². The van der Waals surface area contributed by atoms with Crippen molar-refractivity contribution >= 4 is 56.4 Å². The summed E-state index contributed by atoms with van der Waals surface area (Å²) in [5.74, 6) is -2.03. The lowest BCUT2D eigenvalue weighted by Crippen LogP contribution is -2.56. The Morgan fingerprint density at radius 2 is 1.69 bits per heavy atom. The second-order valence-corrected chi connectivity index (χ2v) is 21.6. The number of hydrogen-bond acceptors (Lipinski definition) is 13. The number of fused-ring (bicyclic) bond motifs is 1. The molecule has 1 saturated heterocycles. The van der Waals surface area contributed by atoms with Gasteiger partial charge in [0, 0.05) is 32.2 Å². The van der Waals surface area contributed by atoms with Crippen LogP contribution in [0.25, 0.3) is 10.4 Å². The Hall–Kier alpha value is -5.69. The van der Waals surface area contributed by atoms with Crippen molar-refractivity contribution in [2.75, 3.05) is 44.1 Å². The van der Waals surface area contributed by atoms with Gasteiger partial charge in [-0.25, -0.2) is 13.4 Å². The van der Waals surface area contributed by atoms with Crippen LogP contribution in [-0.2, 0) is 30.8 Å². The molecule has 68 heavy (non-hydrogen) atoms. The van der Waals surface area contributed by atoms with Crippen LogP contribution in [0.4, 0.5) is 5.69 Å². The van der Waals surface area contributed by atoms with Gasteiger partial charge in [-0.3, -0.25) is 28.9 Å². The number of imide groups is 1. The van der Waals surface area contributed by atoms with Crippen molar-refractivity contribution in [3.05, 3.63) is 94.1 Å². The number of nitrogens with one attached hydrogen (secondary N) is 3. The van der Waals surface area contributed by atoms with Gasteiger partial charge in [-0.15, -0.1) is 11.3 Å². The monoisotopic (exact) mass is 972 g/mol. The number of hydrogen-bond donors (Lipinski definition) is 4. The minimum absolute atomic E-state index is 0.00221. The number of sulfone groups is 1. The number of aliphatic hydroxyl groups is 1. The maximum atomic E-state index is 14.1. The minimum Gasteiger partial charge on any atom is -0.493 e. The Labute approximate surface area is 403 Å². The predicted molar refractivity (Wildman–Crippen MR) is 261 cm³/mol. The molecule has 0 saturated carbocycles. The number of carbonyl (C=O) groups excluding carboxylic acids is 5. The van der Waals surface area contributed by atoms with Crippen LogP contribution >= 0.6 is 11.3 Å². The summed E-state index contributed by atoms with van der Waals surface area (Å²) in [6, 6.07) is 14.7. The van der Waals surface area contributed by atoms with E-state index >= 15 is 0 Å². The number of rotatable bonds is 22. The first-order valence-corrected chi connectivity index (χ1v) is 26.0. The van der Waals surface area contributed by atoms with E-state index in [9.17, 15) is 37.5 Å². The topological polar surface area (TPSA) is 214 Å². The molecular formula is C50H64N6O10S2. The van der Waals surface area contributed by atoms with Gasteiger partial charge in [-0.1, -0.05) is 76.4 Å². The molecule has 6 rings (SSSR count). The number of benzene rings is 3. The lowest BCUT2D eigenvalue weighted by molar-refractivity contribution is -0.142. The Morgan fingerprint density at radius 1 is 0.971 bits per heavy atom. The van der Waals surface area contributed by atoms with Crippen LogP contribution in [0, 0.1) is 12.3 Å². The van der Waals surface area contributed by atoms with Gasteiger partial charge in [0.15, 0.2) is 11.5 Å². The molecule has 5 amide bonds.